The maximum absolute atomic E-state index is 10.5. The molecular weight excluding hydrogens is 160 g/mol. The van der Waals surface area contributed by atoms with E-state index in [-0.39, 0.29) is 5.96 Å². The van der Waals surface area contributed by atoms with Gasteiger partial charge in [0, 0.05) is 20.1 Å². The van der Waals surface area contributed by atoms with Crippen molar-refractivity contribution in [3.63, 3.8) is 0 Å². The lowest BCUT2D eigenvalue weighted by atomic mass is 10.7. The molecule has 0 radical (unpaired) electrons. The average Bonchev–Trinajstić information content (AvgIpc) is 2.81. The molecule has 0 aliphatic carbocycles. The lowest BCUT2D eigenvalue weighted by molar-refractivity contribution is 0.173. The van der Waals surface area contributed by atoms with Gasteiger partial charge in [-0.1, -0.05) is 0 Å². The summed E-state index contributed by atoms with van der Waals surface area (Å²) < 4.78 is 0. The third-order valence-corrected chi connectivity index (χ3v) is 1.47. The van der Waals surface area contributed by atoms with Crippen molar-refractivity contribution >= 4 is 12.1 Å². The molecule has 6 heteroatoms. The highest BCUT2D eigenvalue weighted by atomic mass is 16.4. The summed E-state index contributed by atoms with van der Waals surface area (Å²) in [5.74, 6) is 0.199. The van der Waals surface area contributed by atoms with Crippen LogP contribution in [0.25, 0.3) is 0 Å². The molecule has 64 valence electrons. The molecule has 0 aromatic carbocycles. The molecule has 0 atom stereocenters. The van der Waals surface area contributed by atoms with Crippen LogP contribution in [0.15, 0.2) is 4.99 Å². The predicted octanol–water partition coefficient (Wildman–Crippen LogP) is -0.251. The standard InChI is InChI=1S/C6H8N4O2/c1-9(6(11)12)5(8-4-7)10-2-3-10/h2-3H2,1H3,(H,11,12). The topological polar surface area (TPSA) is 79.7 Å². The molecule has 0 aromatic rings. The molecule has 1 amide bonds. The maximum Gasteiger partial charge on any atom is 0.413 e. The molecule has 0 saturated carbocycles. The smallest absolute Gasteiger partial charge is 0.413 e. The van der Waals surface area contributed by atoms with Gasteiger partial charge in [0.2, 0.25) is 12.2 Å². The zero-order chi connectivity index (χ0) is 9.14. The second-order valence-corrected chi connectivity index (χ2v) is 2.34. The number of carboxylic acid groups (broad SMARTS) is 1. The van der Waals surface area contributed by atoms with Gasteiger partial charge in [0.1, 0.15) is 0 Å². The maximum atomic E-state index is 10.5. The second kappa shape index (κ2) is 3.09. The third kappa shape index (κ3) is 1.63. The molecule has 12 heavy (non-hydrogen) atoms. The summed E-state index contributed by atoms with van der Waals surface area (Å²) in [6.07, 6.45) is 0.451. The fourth-order valence-corrected chi connectivity index (χ4v) is 0.738. The Morgan fingerprint density at radius 3 is 2.67 bits per heavy atom. The summed E-state index contributed by atoms with van der Waals surface area (Å²) in [6, 6.07) is 0. The average molecular weight is 168 g/mol. The molecule has 0 aromatic heterocycles. The van der Waals surface area contributed by atoms with Crippen LogP contribution in [0.4, 0.5) is 4.79 Å². The monoisotopic (exact) mass is 168 g/mol. The van der Waals surface area contributed by atoms with Crippen LogP contribution >= 0.6 is 0 Å². The Labute approximate surface area is 69.3 Å². The van der Waals surface area contributed by atoms with Crippen LogP contribution < -0.4 is 0 Å². The van der Waals surface area contributed by atoms with Crippen molar-refractivity contribution in [3.05, 3.63) is 0 Å². The molecule has 1 aliphatic heterocycles. The number of nitrogens with zero attached hydrogens (tertiary/aromatic N) is 4. The van der Waals surface area contributed by atoms with Gasteiger partial charge >= 0.3 is 6.09 Å². The van der Waals surface area contributed by atoms with Crippen molar-refractivity contribution in [1.29, 1.82) is 5.26 Å². The first-order valence-electron chi connectivity index (χ1n) is 3.35. The first kappa shape index (κ1) is 8.33. The number of aliphatic imine (C=N–C) groups is 1. The van der Waals surface area contributed by atoms with Gasteiger partial charge < -0.3 is 10.0 Å². The van der Waals surface area contributed by atoms with E-state index in [9.17, 15) is 4.79 Å². The van der Waals surface area contributed by atoms with Crippen molar-refractivity contribution in [2.75, 3.05) is 20.1 Å². The van der Waals surface area contributed by atoms with E-state index in [4.69, 9.17) is 10.4 Å². The number of amides is 1. The summed E-state index contributed by atoms with van der Waals surface area (Å²) in [4.78, 5) is 16.5. The number of rotatable bonds is 0. The lowest BCUT2D eigenvalue weighted by Crippen LogP contribution is -2.36. The van der Waals surface area contributed by atoms with Gasteiger partial charge in [0.15, 0.2) is 0 Å². The summed E-state index contributed by atoms with van der Waals surface area (Å²) in [7, 11) is 1.36. The molecule has 0 bridgehead atoms. The molecule has 0 spiro atoms. The van der Waals surface area contributed by atoms with E-state index < -0.39 is 6.09 Å². The molecule has 1 N–H and O–H groups in total. The highest BCUT2D eigenvalue weighted by Crippen LogP contribution is 2.07. The Morgan fingerprint density at radius 2 is 2.33 bits per heavy atom. The first-order chi connectivity index (χ1) is 5.66. The SMILES string of the molecule is CN(C(=O)O)C(=NC#N)N1CC1. The van der Waals surface area contributed by atoms with Gasteiger partial charge in [-0.05, 0) is 0 Å². The lowest BCUT2D eigenvalue weighted by Gasteiger charge is -2.14. The zero-order valence-electron chi connectivity index (χ0n) is 6.56. The highest BCUT2D eigenvalue weighted by Gasteiger charge is 2.28. The van der Waals surface area contributed by atoms with Crippen LogP contribution in [-0.4, -0.2) is 47.1 Å². The van der Waals surface area contributed by atoms with E-state index >= 15 is 0 Å². The number of hydrogen-bond donors (Lipinski definition) is 1. The van der Waals surface area contributed by atoms with Gasteiger partial charge in [0.05, 0.1) is 0 Å². The molecule has 1 rings (SSSR count). The van der Waals surface area contributed by atoms with Gasteiger partial charge in [-0.2, -0.15) is 5.26 Å². The van der Waals surface area contributed by atoms with Crippen molar-refractivity contribution in [2.24, 2.45) is 4.99 Å². The van der Waals surface area contributed by atoms with Crippen molar-refractivity contribution in [3.8, 4) is 6.19 Å². The van der Waals surface area contributed by atoms with Crippen LogP contribution in [0, 0.1) is 11.5 Å². The minimum Gasteiger partial charge on any atom is -0.465 e. The minimum absolute atomic E-state index is 0.199. The van der Waals surface area contributed by atoms with Gasteiger partial charge in [-0.15, -0.1) is 4.99 Å². The Kier molecular flexibility index (Phi) is 2.14. The Bertz CT molecular complexity index is 263. The Hall–Kier alpha value is -1.77. The summed E-state index contributed by atoms with van der Waals surface area (Å²) in [6.45, 7) is 1.52. The molecule has 6 nitrogen and oxygen atoms in total. The highest BCUT2D eigenvalue weighted by molar-refractivity contribution is 5.94. The van der Waals surface area contributed by atoms with Crippen molar-refractivity contribution < 1.29 is 9.90 Å². The van der Waals surface area contributed by atoms with E-state index in [2.05, 4.69) is 4.99 Å². The number of carbonyl (C=O) groups is 1. The molecule has 1 fully saturated rings. The van der Waals surface area contributed by atoms with Crippen molar-refractivity contribution in [2.45, 2.75) is 0 Å². The minimum atomic E-state index is -1.11. The van der Waals surface area contributed by atoms with Crippen molar-refractivity contribution in [1.82, 2.24) is 9.80 Å². The van der Waals surface area contributed by atoms with Gasteiger partial charge in [0.25, 0.3) is 0 Å². The summed E-state index contributed by atoms with van der Waals surface area (Å²) in [5.41, 5.74) is 0. The van der Waals surface area contributed by atoms with Crippen LogP contribution in [0.3, 0.4) is 0 Å². The van der Waals surface area contributed by atoms with E-state index in [0.717, 1.165) is 18.0 Å². The fraction of sp³-hybridized carbons (Fsp3) is 0.500. The quantitative estimate of drug-likeness (QED) is 0.234. The van der Waals surface area contributed by atoms with Crippen LogP contribution in [-0.2, 0) is 0 Å². The fourth-order valence-electron chi connectivity index (χ4n) is 0.738. The van der Waals surface area contributed by atoms with E-state index in [1.54, 1.807) is 11.1 Å². The van der Waals surface area contributed by atoms with Crippen LogP contribution in [0.2, 0.25) is 0 Å². The number of nitriles is 1. The second-order valence-electron chi connectivity index (χ2n) is 2.34. The van der Waals surface area contributed by atoms with E-state index in [1.165, 1.54) is 7.05 Å². The number of guanidine groups is 1. The largest absolute Gasteiger partial charge is 0.465 e. The molecular formula is C6H8N4O2. The Balaban J connectivity index is 2.73. The number of hydrogen-bond acceptors (Lipinski definition) is 3. The van der Waals surface area contributed by atoms with Gasteiger partial charge in [-0.3, -0.25) is 0 Å². The predicted molar refractivity (Wildman–Crippen MR) is 40.4 cm³/mol. The van der Waals surface area contributed by atoms with Crippen LogP contribution in [0.1, 0.15) is 0 Å². The molecule has 1 aliphatic rings. The van der Waals surface area contributed by atoms with Gasteiger partial charge in [-0.25, -0.2) is 9.69 Å². The normalized spacial score (nSPS) is 15.3. The summed E-state index contributed by atoms with van der Waals surface area (Å²) >= 11 is 0. The first-order valence-corrected chi connectivity index (χ1v) is 3.35. The Morgan fingerprint density at radius 1 is 1.75 bits per heavy atom. The van der Waals surface area contributed by atoms with E-state index in [1.807, 2.05) is 0 Å². The van der Waals surface area contributed by atoms with Crippen LogP contribution in [0.5, 0.6) is 0 Å². The molecule has 0 unspecified atom stereocenters. The zero-order valence-corrected chi connectivity index (χ0v) is 6.56. The molecule has 1 heterocycles. The summed E-state index contributed by atoms with van der Waals surface area (Å²) in [5, 5.41) is 16.8. The molecule has 1 saturated heterocycles. The third-order valence-electron chi connectivity index (χ3n) is 1.47. The van der Waals surface area contributed by atoms with E-state index in [0.29, 0.717) is 0 Å².